The fourth-order valence-electron chi connectivity index (χ4n) is 2.37. The molecule has 28 heavy (non-hydrogen) atoms. The highest BCUT2D eigenvalue weighted by Crippen LogP contribution is 2.29. The van der Waals surface area contributed by atoms with E-state index >= 15 is 0 Å². The molecular formula is C20H16BrN2O4S-. The van der Waals surface area contributed by atoms with E-state index in [0.29, 0.717) is 17.1 Å². The van der Waals surface area contributed by atoms with Gasteiger partial charge in [0.05, 0.1) is 12.0 Å². The first-order valence-corrected chi connectivity index (χ1v) is 10.4. The lowest BCUT2D eigenvalue weighted by molar-refractivity contribution is 0.102. The summed E-state index contributed by atoms with van der Waals surface area (Å²) in [5.41, 5.74) is 1.08. The maximum absolute atomic E-state index is 12.6. The summed E-state index contributed by atoms with van der Waals surface area (Å²) >= 11 is 3.29. The minimum atomic E-state index is -3.95. The second-order valence-electron chi connectivity index (χ2n) is 5.75. The third-order valence-corrected chi connectivity index (χ3v) is 5.62. The van der Waals surface area contributed by atoms with Crippen LogP contribution in [0.25, 0.3) is 4.72 Å². The molecule has 144 valence electrons. The van der Waals surface area contributed by atoms with E-state index in [0.717, 1.165) is 4.47 Å². The third-order valence-electron chi connectivity index (χ3n) is 3.79. The first-order valence-electron chi connectivity index (χ1n) is 8.16. The zero-order valence-electron chi connectivity index (χ0n) is 14.8. The van der Waals surface area contributed by atoms with Gasteiger partial charge in [-0.3, -0.25) is 4.79 Å². The molecule has 0 unspecified atom stereocenters. The van der Waals surface area contributed by atoms with Crippen molar-refractivity contribution < 1.29 is 17.9 Å². The Morgan fingerprint density at radius 3 is 2.32 bits per heavy atom. The molecule has 0 aliphatic carbocycles. The number of anilines is 1. The topological polar surface area (TPSA) is 86.6 Å². The molecule has 3 aromatic carbocycles. The van der Waals surface area contributed by atoms with Crippen LogP contribution < -0.4 is 10.1 Å². The molecule has 0 heterocycles. The highest BCUT2D eigenvalue weighted by molar-refractivity contribution is 9.10. The van der Waals surface area contributed by atoms with Crippen LogP contribution in [-0.4, -0.2) is 21.4 Å². The highest BCUT2D eigenvalue weighted by atomic mass is 79.9. The average Bonchev–Trinajstić information content (AvgIpc) is 2.70. The molecular weight excluding hydrogens is 444 g/mol. The monoisotopic (exact) mass is 459 g/mol. The van der Waals surface area contributed by atoms with Gasteiger partial charge in [0.2, 0.25) is 0 Å². The van der Waals surface area contributed by atoms with Crippen molar-refractivity contribution in [3.05, 3.63) is 87.6 Å². The van der Waals surface area contributed by atoms with Crippen LogP contribution >= 0.6 is 15.9 Å². The van der Waals surface area contributed by atoms with Crippen LogP contribution in [0.15, 0.2) is 82.2 Å². The fourth-order valence-corrected chi connectivity index (χ4v) is 3.66. The average molecular weight is 460 g/mol. The van der Waals surface area contributed by atoms with E-state index in [4.69, 9.17) is 4.74 Å². The van der Waals surface area contributed by atoms with E-state index in [9.17, 15) is 13.2 Å². The fraction of sp³-hybridized carbons (Fsp3) is 0.0500. The van der Waals surface area contributed by atoms with Crippen molar-refractivity contribution in [2.45, 2.75) is 4.90 Å². The van der Waals surface area contributed by atoms with Gasteiger partial charge in [0.15, 0.2) is 0 Å². The number of nitrogens with one attached hydrogen (secondary N) is 1. The molecule has 0 saturated carbocycles. The Bertz CT molecular complexity index is 1080. The van der Waals surface area contributed by atoms with Gasteiger partial charge in [-0.05, 0) is 54.6 Å². The molecule has 3 aromatic rings. The molecule has 8 heteroatoms. The maximum atomic E-state index is 12.6. The van der Waals surface area contributed by atoms with E-state index in [2.05, 4.69) is 26.0 Å². The van der Waals surface area contributed by atoms with Crippen molar-refractivity contribution in [3.8, 4) is 5.75 Å². The molecule has 0 saturated heterocycles. The summed E-state index contributed by atoms with van der Waals surface area (Å²) < 4.78 is 34.8. The van der Waals surface area contributed by atoms with Crippen LogP contribution in [-0.2, 0) is 10.0 Å². The molecule has 0 fully saturated rings. The Hall–Kier alpha value is -2.84. The van der Waals surface area contributed by atoms with E-state index in [1.807, 2.05) is 0 Å². The van der Waals surface area contributed by atoms with Gasteiger partial charge >= 0.3 is 0 Å². The van der Waals surface area contributed by atoms with Gasteiger partial charge in [-0.25, -0.2) is 8.42 Å². The smallest absolute Gasteiger partial charge is 0.255 e. The van der Waals surface area contributed by atoms with Crippen molar-refractivity contribution in [3.63, 3.8) is 0 Å². The van der Waals surface area contributed by atoms with Crippen molar-refractivity contribution in [2.24, 2.45) is 0 Å². The number of halogens is 1. The number of methoxy groups -OCH3 is 1. The number of nitrogens with zero attached hydrogens (tertiary/aromatic N) is 1. The van der Waals surface area contributed by atoms with Crippen LogP contribution in [0, 0.1) is 0 Å². The van der Waals surface area contributed by atoms with Crippen molar-refractivity contribution in [2.75, 3.05) is 12.4 Å². The Labute approximate surface area is 171 Å². The molecule has 0 atom stereocenters. The largest absolute Gasteiger partial charge is 0.573 e. The van der Waals surface area contributed by atoms with Gasteiger partial charge in [-0.1, -0.05) is 34.1 Å². The van der Waals surface area contributed by atoms with Gasteiger partial charge in [0, 0.05) is 15.7 Å². The number of amides is 1. The summed E-state index contributed by atoms with van der Waals surface area (Å²) in [6, 6.07) is 19.1. The lowest BCUT2D eigenvalue weighted by atomic mass is 10.2. The van der Waals surface area contributed by atoms with Gasteiger partial charge in [-0.15, -0.1) is 5.69 Å². The summed E-state index contributed by atoms with van der Waals surface area (Å²) in [6.07, 6.45) is 0. The molecule has 0 aliphatic rings. The first kappa shape index (κ1) is 19.9. The number of carbonyl (C=O) groups is 1. The van der Waals surface area contributed by atoms with Gasteiger partial charge in [0.1, 0.15) is 15.8 Å². The SMILES string of the molecule is COc1ccc(NC(=O)c2cccc(S(=O)(=O)[N-]c3ccc(Br)cc3)c2)cc1. The van der Waals surface area contributed by atoms with Crippen LogP contribution in [0.4, 0.5) is 11.4 Å². The summed E-state index contributed by atoms with van der Waals surface area (Å²) in [5.74, 6) is 0.242. The molecule has 3 rings (SSSR count). The maximum Gasteiger partial charge on any atom is 0.255 e. The second kappa shape index (κ2) is 8.45. The predicted octanol–water partition coefficient (Wildman–Crippen LogP) is 5.10. The third kappa shape index (κ3) is 4.90. The van der Waals surface area contributed by atoms with E-state index in [1.54, 1.807) is 55.6 Å². The molecule has 1 amide bonds. The Balaban J connectivity index is 1.78. The number of rotatable bonds is 6. The van der Waals surface area contributed by atoms with Crippen LogP contribution in [0.3, 0.4) is 0 Å². The zero-order valence-corrected chi connectivity index (χ0v) is 17.2. The highest BCUT2D eigenvalue weighted by Gasteiger charge is 2.11. The van der Waals surface area contributed by atoms with Crippen molar-refractivity contribution in [1.29, 1.82) is 0 Å². The Morgan fingerprint density at radius 2 is 1.68 bits per heavy atom. The lowest BCUT2D eigenvalue weighted by Gasteiger charge is -2.22. The molecule has 0 aromatic heterocycles. The van der Waals surface area contributed by atoms with Crippen LogP contribution in [0.1, 0.15) is 10.4 Å². The molecule has 0 spiro atoms. The molecule has 0 bridgehead atoms. The second-order valence-corrected chi connectivity index (χ2v) is 8.27. The predicted molar refractivity (Wildman–Crippen MR) is 112 cm³/mol. The summed E-state index contributed by atoms with van der Waals surface area (Å²) in [5, 5.41) is 2.72. The quantitative estimate of drug-likeness (QED) is 0.554. The number of sulfonamides is 1. The number of ether oxygens (including phenoxy) is 1. The van der Waals surface area contributed by atoms with Gasteiger partial charge in [0.25, 0.3) is 5.91 Å². The molecule has 0 radical (unpaired) electrons. The van der Waals surface area contributed by atoms with Crippen molar-refractivity contribution >= 4 is 43.2 Å². The summed E-state index contributed by atoms with van der Waals surface area (Å²) in [7, 11) is -2.40. The van der Waals surface area contributed by atoms with Crippen LogP contribution in [0.2, 0.25) is 0 Å². The number of benzene rings is 3. The summed E-state index contributed by atoms with van der Waals surface area (Å²) in [6.45, 7) is 0. The van der Waals surface area contributed by atoms with Crippen LogP contribution in [0.5, 0.6) is 5.75 Å². The van der Waals surface area contributed by atoms with E-state index in [1.165, 1.54) is 24.3 Å². The molecule has 0 aliphatic heterocycles. The number of carbonyl (C=O) groups excluding carboxylic acids is 1. The van der Waals surface area contributed by atoms with Gasteiger partial charge < -0.3 is 14.8 Å². The zero-order chi connectivity index (χ0) is 20.1. The standard InChI is InChI=1S/C20H16BrN2O4S/c1-27-18-11-9-16(10-12-18)22-20(24)14-3-2-4-19(13-14)28(25,26)23-17-7-5-15(21)6-8-17/h2-13H,1H3,(H,22,24)/q-1. The normalized spacial score (nSPS) is 10.9. The van der Waals surface area contributed by atoms with E-state index in [-0.39, 0.29) is 10.5 Å². The number of hydrogen-bond donors (Lipinski definition) is 1. The Kier molecular flexibility index (Phi) is 6.01. The van der Waals surface area contributed by atoms with Crippen molar-refractivity contribution in [1.82, 2.24) is 0 Å². The van der Waals surface area contributed by atoms with E-state index < -0.39 is 15.9 Å². The number of hydrogen-bond acceptors (Lipinski definition) is 4. The molecule has 6 nitrogen and oxygen atoms in total. The van der Waals surface area contributed by atoms with Gasteiger partial charge in [-0.2, -0.15) is 0 Å². The lowest BCUT2D eigenvalue weighted by Crippen LogP contribution is -2.12. The first-order chi connectivity index (χ1) is 13.4. The Morgan fingerprint density at radius 1 is 1.00 bits per heavy atom. The summed E-state index contributed by atoms with van der Waals surface area (Å²) in [4.78, 5) is 12.4. The minimum absolute atomic E-state index is 0.0576. The molecule has 1 N–H and O–H groups in total. The minimum Gasteiger partial charge on any atom is -0.573 e.